The maximum Gasteiger partial charge on any atom is 0.226 e. The molecule has 1 rings (SSSR count). The summed E-state index contributed by atoms with van der Waals surface area (Å²) in [6.45, 7) is 0.183. The molecule has 0 aliphatic rings. The number of hydrogen-bond acceptors (Lipinski definition) is 3. The SMILES string of the molecule is COCCC(=O)Nc1ccccc1C#CCO. The van der Waals surface area contributed by atoms with Crippen LogP contribution in [0.4, 0.5) is 5.69 Å². The molecule has 1 aromatic carbocycles. The molecule has 0 bridgehead atoms. The van der Waals surface area contributed by atoms with Crippen LogP contribution in [0, 0.1) is 11.8 Å². The number of aliphatic hydroxyl groups excluding tert-OH is 1. The molecule has 0 aromatic heterocycles. The third-order valence-corrected chi connectivity index (χ3v) is 2.04. The third-order valence-electron chi connectivity index (χ3n) is 2.04. The van der Waals surface area contributed by atoms with E-state index in [4.69, 9.17) is 9.84 Å². The highest BCUT2D eigenvalue weighted by atomic mass is 16.5. The number of rotatable bonds is 4. The van der Waals surface area contributed by atoms with E-state index in [-0.39, 0.29) is 12.5 Å². The summed E-state index contributed by atoms with van der Waals surface area (Å²) in [7, 11) is 1.55. The van der Waals surface area contributed by atoms with Crippen LogP contribution in [0.5, 0.6) is 0 Å². The highest BCUT2D eigenvalue weighted by Crippen LogP contribution is 2.13. The van der Waals surface area contributed by atoms with Gasteiger partial charge in [-0.2, -0.15) is 0 Å². The zero-order valence-corrected chi connectivity index (χ0v) is 9.69. The zero-order valence-electron chi connectivity index (χ0n) is 9.69. The van der Waals surface area contributed by atoms with E-state index >= 15 is 0 Å². The minimum Gasteiger partial charge on any atom is -0.384 e. The number of carbonyl (C=O) groups is 1. The summed E-state index contributed by atoms with van der Waals surface area (Å²) in [5.41, 5.74) is 1.34. The molecular weight excluding hydrogens is 218 g/mol. The summed E-state index contributed by atoms with van der Waals surface area (Å²) >= 11 is 0. The van der Waals surface area contributed by atoms with Gasteiger partial charge in [-0.25, -0.2) is 0 Å². The van der Waals surface area contributed by atoms with E-state index in [0.717, 1.165) is 0 Å². The Morgan fingerprint density at radius 3 is 2.94 bits per heavy atom. The molecular formula is C13H15NO3. The van der Waals surface area contributed by atoms with Crippen LogP contribution >= 0.6 is 0 Å². The smallest absolute Gasteiger partial charge is 0.226 e. The van der Waals surface area contributed by atoms with E-state index in [0.29, 0.717) is 24.3 Å². The van der Waals surface area contributed by atoms with Gasteiger partial charge >= 0.3 is 0 Å². The van der Waals surface area contributed by atoms with Crippen molar-refractivity contribution < 1.29 is 14.6 Å². The Hall–Kier alpha value is -1.83. The Morgan fingerprint density at radius 2 is 2.24 bits per heavy atom. The van der Waals surface area contributed by atoms with Crippen molar-refractivity contribution in [3.63, 3.8) is 0 Å². The highest BCUT2D eigenvalue weighted by Gasteiger charge is 2.04. The Labute approximate surface area is 101 Å². The third kappa shape index (κ3) is 4.68. The van der Waals surface area contributed by atoms with Crippen LogP contribution in [-0.2, 0) is 9.53 Å². The minimum absolute atomic E-state index is 0.120. The quantitative estimate of drug-likeness (QED) is 0.763. The molecule has 17 heavy (non-hydrogen) atoms. The number of ether oxygens (including phenoxy) is 1. The van der Waals surface area contributed by atoms with Crippen LogP contribution < -0.4 is 5.32 Å². The minimum atomic E-state index is -0.202. The first kappa shape index (κ1) is 13.2. The molecule has 1 amide bonds. The zero-order chi connectivity index (χ0) is 12.5. The molecule has 0 radical (unpaired) electrons. The maximum absolute atomic E-state index is 11.5. The van der Waals surface area contributed by atoms with Crippen LogP contribution in [0.3, 0.4) is 0 Å². The van der Waals surface area contributed by atoms with Gasteiger partial charge in [0.15, 0.2) is 0 Å². The fraction of sp³-hybridized carbons (Fsp3) is 0.308. The summed E-state index contributed by atoms with van der Waals surface area (Å²) < 4.78 is 4.82. The van der Waals surface area contributed by atoms with Crippen molar-refractivity contribution in [1.29, 1.82) is 0 Å². The molecule has 0 spiro atoms. The maximum atomic E-state index is 11.5. The van der Waals surface area contributed by atoms with Crippen molar-refractivity contribution in [2.45, 2.75) is 6.42 Å². The molecule has 0 heterocycles. The number of para-hydroxylation sites is 1. The van der Waals surface area contributed by atoms with Crippen molar-refractivity contribution in [2.75, 3.05) is 25.6 Å². The monoisotopic (exact) mass is 233 g/mol. The van der Waals surface area contributed by atoms with E-state index in [1.54, 1.807) is 19.2 Å². The fourth-order valence-electron chi connectivity index (χ4n) is 1.24. The van der Waals surface area contributed by atoms with Gasteiger partial charge in [-0.3, -0.25) is 4.79 Å². The Balaban J connectivity index is 2.73. The average Bonchev–Trinajstić information content (AvgIpc) is 2.35. The van der Waals surface area contributed by atoms with E-state index < -0.39 is 0 Å². The second kappa shape index (κ2) is 7.44. The summed E-state index contributed by atoms with van der Waals surface area (Å²) in [4.78, 5) is 11.5. The Bertz CT molecular complexity index is 432. The number of benzene rings is 1. The van der Waals surface area contributed by atoms with Crippen molar-refractivity contribution >= 4 is 11.6 Å². The van der Waals surface area contributed by atoms with Gasteiger partial charge < -0.3 is 15.2 Å². The summed E-state index contributed by atoms with van der Waals surface area (Å²) in [5.74, 6) is 5.21. The van der Waals surface area contributed by atoms with E-state index in [9.17, 15) is 4.79 Å². The van der Waals surface area contributed by atoms with Gasteiger partial charge in [0, 0.05) is 12.7 Å². The predicted molar refractivity (Wildman–Crippen MR) is 65.5 cm³/mol. The van der Waals surface area contributed by atoms with Crippen LogP contribution in [0.25, 0.3) is 0 Å². The average molecular weight is 233 g/mol. The van der Waals surface area contributed by atoms with Crippen LogP contribution in [0.2, 0.25) is 0 Å². The molecule has 0 unspecified atom stereocenters. The standard InChI is InChI=1S/C13H15NO3/c1-17-10-8-13(16)14-12-7-3-2-5-11(12)6-4-9-15/h2-3,5,7,15H,8-10H2,1H3,(H,14,16). The molecule has 0 saturated carbocycles. The molecule has 0 aliphatic heterocycles. The summed E-state index contributed by atoms with van der Waals surface area (Å²) in [5, 5.41) is 11.4. The van der Waals surface area contributed by atoms with Crippen LogP contribution in [0.15, 0.2) is 24.3 Å². The Morgan fingerprint density at radius 1 is 1.47 bits per heavy atom. The second-order valence-corrected chi connectivity index (χ2v) is 3.30. The predicted octanol–water partition coefficient (Wildman–Crippen LogP) is 1.01. The number of aliphatic hydroxyl groups is 1. The first-order chi connectivity index (χ1) is 8.27. The van der Waals surface area contributed by atoms with E-state index in [1.807, 2.05) is 12.1 Å². The van der Waals surface area contributed by atoms with Gasteiger partial charge in [0.05, 0.1) is 18.7 Å². The molecule has 0 fully saturated rings. The number of nitrogens with one attached hydrogen (secondary N) is 1. The lowest BCUT2D eigenvalue weighted by Crippen LogP contribution is -2.14. The van der Waals surface area contributed by atoms with Crippen LogP contribution in [-0.4, -0.2) is 31.3 Å². The fourth-order valence-corrected chi connectivity index (χ4v) is 1.24. The van der Waals surface area contributed by atoms with Gasteiger partial charge in [-0.05, 0) is 12.1 Å². The molecule has 90 valence electrons. The van der Waals surface area contributed by atoms with Crippen molar-refractivity contribution in [1.82, 2.24) is 0 Å². The van der Waals surface area contributed by atoms with Gasteiger partial charge in [-0.1, -0.05) is 24.0 Å². The Kier molecular flexibility index (Phi) is 5.80. The molecule has 0 atom stereocenters. The van der Waals surface area contributed by atoms with E-state index in [2.05, 4.69) is 17.2 Å². The topological polar surface area (TPSA) is 58.6 Å². The first-order valence-corrected chi connectivity index (χ1v) is 5.25. The molecule has 4 heteroatoms. The number of carbonyl (C=O) groups excluding carboxylic acids is 1. The first-order valence-electron chi connectivity index (χ1n) is 5.25. The molecule has 2 N–H and O–H groups in total. The molecule has 0 saturated heterocycles. The van der Waals surface area contributed by atoms with Gasteiger partial charge in [0.1, 0.15) is 6.61 Å². The lowest BCUT2D eigenvalue weighted by molar-refractivity contribution is -0.117. The second-order valence-electron chi connectivity index (χ2n) is 3.30. The molecule has 1 aromatic rings. The summed E-state index contributed by atoms with van der Waals surface area (Å²) in [6, 6.07) is 7.20. The summed E-state index contributed by atoms with van der Waals surface area (Å²) in [6.07, 6.45) is 0.304. The van der Waals surface area contributed by atoms with E-state index in [1.165, 1.54) is 0 Å². The van der Waals surface area contributed by atoms with Crippen LogP contribution in [0.1, 0.15) is 12.0 Å². The normalized spacial score (nSPS) is 9.29. The van der Waals surface area contributed by atoms with Gasteiger partial charge in [0.25, 0.3) is 0 Å². The number of hydrogen-bond donors (Lipinski definition) is 2. The number of methoxy groups -OCH3 is 1. The number of anilines is 1. The molecule has 4 nitrogen and oxygen atoms in total. The lowest BCUT2D eigenvalue weighted by atomic mass is 10.2. The number of amides is 1. The van der Waals surface area contributed by atoms with Crippen molar-refractivity contribution in [3.05, 3.63) is 29.8 Å². The highest BCUT2D eigenvalue weighted by molar-refractivity contribution is 5.92. The van der Waals surface area contributed by atoms with Gasteiger partial charge in [0.2, 0.25) is 5.91 Å². The lowest BCUT2D eigenvalue weighted by Gasteiger charge is -2.06. The largest absolute Gasteiger partial charge is 0.384 e. The van der Waals surface area contributed by atoms with Crippen molar-refractivity contribution in [2.24, 2.45) is 0 Å². The molecule has 0 aliphatic carbocycles. The van der Waals surface area contributed by atoms with Gasteiger partial charge in [-0.15, -0.1) is 0 Å². The van der Waals surface area contributed by atoms with Crippen molar-refractivity contribution in [3.8, 4) is 11.8 Å².